The number of rotatable bonds is 4. The molecule has 2 saturated heterocycles. The number of phenolic OH excluding ortho intramolecular Hbond substituents is 1. The van der Waals surface area contributed by atoms with Crippen molar-refractivity contribution in [1.82, 2.24) is 15.2 Å². The summed E-state index contributed by atoms with van der Waals surface area (Å²) in [6.45, 7) is 4.09. The van der Waals surface area contributed by atoms with Gasteiger partial charge in [0.2, 0.25) is 0 Å². The molecule has 27 heavy (non-hydrogen) atoms. The first kappa shape index (κ1) is 17.9. The number of phenols is 1. The lowest BCUT2D eigenvalue weighted by molar-refractivity contribution is 0.0674. The van der Waals surface area contributed by atoms with Gasteiger partial charge >= 0.3 is 0 Å². The normalized spacial score (nSPS) is 24.0. The van der Waals surface area contributed by atoms with Gasteiger partial charge in [-0.05, 0) is 25.1 Å². The van der Waals surface area contributed by atoms with Crippen molar-refractivity contribution in [2.45, 2.75) is 13.0 Å². The van der Waals surface area contributed by atoms with Crippen LogP contribution in [-0.4, -0.2) is 59.1 Å². The molecule has 2 aliphatic rings. The third-order valence-electron chi connectivity index (χ3n) is 5.20. The number of amides is 2. The fourth-order valence-corrected chi connectivity index (χ4v) is 4.37. The van der Waals surface area contributed by atoms with Crippen LogP contribution in [0.25, 0.3) is 0 Å². The molecule has 0 spiro atoms. The Hall–Kier alpha value is -2.45. The number of fused-ring (bicyclic) bond motifs is 1. The van der Waals surface area contributed by atoms with Gasteiger partial charge in [-0.3, -0.25) is 9.59 Å². The predicted octanol–water partition coefficient (Wildman–Crippen LogP) is 1.67. The molecule has 2 amide bonds. The molecule has 2 N–H and O–H groups in total. The Bertz CT molecular complexity index is 868. The van der Waals surface area contributed by atoms with Gasteiger partial charge in [0.25, 0.3) is 11.8 Å². The van der Waals surface area contributed by atoms with Crippen LogP contribution in [0, 0.1) is 18.8 Å². The maximum absolute atomic E-state index is 12.7. The molecule has 2 fully saturated rings. The van der Waals surface area contributed by atoms with Crippen LogP contribution in [0.1, 0.15) is 25.9 Å². The van der Waals surface area contributed by atoms with Crippen LogP contribution < -0.4 is 5.32 Å². The van der Waals surface area contributed by atoms with E-state index in [1.54, 1.807) is 28.5 Å². The van der Waals surface area contributed by atoms with Crippen molar-refractivity contribution < 1.29 is 19.4 Å². The van der Waals surface area contributed by atoms with Crippen LogP contribution in [0.15, 0.2) is 29.6 Å². The summed E-state index contributed by atoms with van der Waals surface area (Å²) in [4.78, 5) is 30.8. The van der Waals surface area contributed by atoms with Crippen molar-refractivity contribution in [3.8, 4) is 5.75 Å². The second kappa shape index (κ2) is 7.28. The number of nitrogens with zero attached hydrogens (tertiary/aromatic N) is 2. The fraction of sp³-hybridized carbons (Fsp3) is 0.421. The number of likely N-dealkylation sites (tertiary alicyclic amines) is 1. The highest BCUT2D eigenvalue weighted by atomic mass is 32.1. The summed E-state index contributed by atoms with van der Waals surface area (Å²) >= 11 is 1.45. The number of carbonyl (C=O) groups is 2. The van der Waals surface area contributed by atoms with E-state index in [2.05, 4.69) is 10.3 Å². The number of carbonyl (C=O) groups excluding carboxylic acids is 2. The Kier molecular flexibility index (Phi) is 4.84. The molecule has 8 heteroatoms. The summed E-state index contributed by atoms with van der Waals surface area (Å²) in [5.74, 6) is 0.164. The summed E-state index contributed by atoms with van der Waals surface area (Å²) in [5, 5.41) is 15.1. The predicted molar refractivity (Wildman–Crippen MR) is 99.9 cm³/mol. The summed E-state index contributed by atoms with van der Waals surface area (Å²) in [6, 6.07) is 6.38. The lowest BCUT2D eigenvalue weighted by Crippen LogP contribution is -2.35. The van der Waals surface area contributed by atoms with Gasteiger partial charge in [0.1, 0.15) is 11.4 Å². The lowest BCUT2D eigenvalue weighted by atomic mass is 9.93. The van der Waals surface area contributed by atoms with Gasteiger partial charge in [-0.1, -0.05) is 6.07 Å². The smallest absolute Gasteiger partial charge is 0.270 e. The van der Waals surface area contributed by atoms with Gasteiger partial charge in [-0.15, -0.1) is 11.3 Å². The first-order valence-corrected chi connectivity index (χ1v) is 9.79. The first-order valence-electron chi connectivity index (χ1n) is 8.91. The standard InChI is InChI=1S/C19H21N3O4S/c1-11-21-16(10-27-11)18(24)20-6-13-9-26-17-8-22(7-15(13)17)19(25)12-3-2-4-14(23)5-12/h2-5,10,13,15,17,23H,6-9H2,1H3,(H,20,24)/t13-,15+,17+/m0/s1. The zero-order valence-electron chi connectivity index (χ0n) is 14.9. The van der Waals surface area contributed by atoms with Gasteiger partial charge in [0.15, 0.2) is 0 Å². The van der Waals surface area contributed by atoms with Gasteiger partial charge in [-0.25, -0.2) is 4.98 Å². The molecule has 4 rings (SSSR count). The molecule has 3 atom stereocenters. The van der Waals surface area contributed by atoms with E-state index in [1.165, 1.54) is 17.4 Å². The van der Waals surface area contributed by atoms with Gasteiger partial charge < -0.3 is 20.1 Å². The van der Waals surface area contributed by atoms with E-state index in [4.69, 9.17) is 4.74 Å². The zero-order chi connectivity index (χ0) is 19.0. The van der Waals surface area contributed by atoms with E-state index in [-0.39, 0.29) is 35.5 Å². The van der Waals surface area contributed by atoms with Gasteiger partial charge in [-0.2, -0.15) is 0 Å². The third kappa shape index (κ3) is 3.68. The Balaban J connectivity index is 1.35. The molecular formula is C19H21N3O4S. The van der Waals surface area contributed by atoms with E-state index in [0.29, 0.717) is 37.5 Å². The Morgan fingerprint density at radius 3 is 3.00 bits per heavy atom. The number of aromatic nitrogens is 1. The number of nitrogens with one attached hydrogen (secondary N) is 1. The zero-order valence-corrected chi connectivity index (χ0v) is 15.7. The largest absolute Gasteiger partial charge is 0.508 e. The molecule has 2 aliphatic heterocycles. The van der Waals surface area contributed by atoms with Crippen LogP contribution in [0.3, 0.4) is 0 Å². The van der Waals surface area contributed by atoms with Crippen molar-refractivity contribution in [2.75, 3.05) is 26.2 Å². The van der Waals surface area contributed by atoms with Crippen molar-refractivity contribution in [1.29, 1.82) is 0 Å². The second-order valence-electron chi connectivity index (χ2n) is 7.02. The molecule has 0 bridgehead atoms. The average Bonchev–Trinajstić information content (AvgIpc) is 3.35. The van der Waals surface area contributed by atoms with Crippen molar-refractivity contribution in [3.63, 3.8) is 0 Å². The molecule has 2 aromatic rings. The van der Waals surface area contributed by atoms with Crippen LogP contribution in [-0.2, 0) is 4.74 Å². The third-order valence-corrected chi connectivity index (χ3v) is 5.97. The molecule has 0 saturated carbocycles. The monoisotopic (exact) mass is 387 g/mol. The van der Waals surface area contributed by atoms with E-state index < -0.39 is 0 Å². The van der Waals surface area contributed by atoms with E-state index in [9.17, 15) is 14.7 Å². The summed E-state index contributed by atoms with van der Waals surface area (Å²) in [6.07, 6.45) is -0.00493. The minimum absolute atomic E-state index is 0.00493. The summed E-state index contributed by atoms with van der Waals surface area (Å²) in [7, 11) is 0. The van der Waals surface area contributed by atoms with Crippen LogP contribution in [0.4, 0.5) is 0 Å². The van der Waals surface area contributed by atoms with Crippen LogP contribution in [0.5, 0.6) is 5.75 Å². The van der Waals surface area contributed by atoms with Crippen molar-refractivity contribution >= 4 is 23.2 Å². The number of benzene rings is 1. The van der Waals surface area contributed by atoms with Gasteiger partial charge in [0, 0.05) is 42.4 Å². The number of thiazole rings is 1. The molecule has 1 aromatic heterocycles. The second-order valence-corrected chi connectivity index (χ2v) is 8.08. The topological polar surface area (TPSA) is 91.8 Å². The highest BCUT2D eigenvalue weighted by Crippen LogP contribution is 2.34. The fourth-order valence-electron chi connectivity index (χ4n) is 3.78. The molecule has 0 aliphatic carbocycles. The highest BCUT2D eigenvalue weighted by Gasteiger charge is 2.45. The van der Waals surface area contributed by atoms with Crippen molar-refractivity contribution in [2.24, 2.45) is 11.8 Å². The van der Waals surface area contributed by atoms with E-state index >= 15 is 0 Å². The molecule has 1 aromatic carbocycles. The van der Waals surface area contributed by atoms with E-state index in [0.717, 1.165) is 5.01 Å². The SMILES string of the molecule is Cc1nc(C(=O)NC[C@H]2CO[C@@H]3CN(C(=O)c4cccc(O)c4)C[C@H]23)cs1. The molecular weight excluding hydrogens is 366 g/mol. The van der Waals surface area contributed by atoms with Gasteiger partial charge in [0.05, 0.1) is 17.7 Å². The quantitative estimate of drug-likeness (QED) is 0.833. The number of hydrogen-bond donors (Lipinski definition) is 2. The Labute approximate surface area is 161 Å². The molecule has 3 heterocycles. The minimum atomic E-state index is -0.173. The summed E-state index contributed by atoms with van der Waals surface area (Å²) < 4.78 is 5.86. The lowest BCUT2D eigenvalue weighted by Gasteiger charge is -2.20. The van der Waals surface area contributed by atoms with Crippen molar-refractivity contribution in [3.05, 3.63) is 45.9 Å². The molecule has 0 unspecified atom stereocenters. The summed E-state index contributed by atoms with van der Waals surface area (Å²) in [5.41, 5.74) is 0.916. The first-order chi connectivity index (χ1) is 13.0. The number of ether oxygens (including phenoxy) is 1. The number of aromatic hydroxyl groups is 1. The van der Waals surface area contributed by atoms with Crippen LogP contribution in [0.2, 0.25) is 0 Å². The Morgan fingerprint density at radius 1 is 1.41 bits per heavy atom. The van der Waals surface area contributed by atoms with E-state index in [1.807, 2.05) is 6.92 Å². The number of aryl methyl sites for hydroxylation is 1. The number of hydrogen-bond acceptors (Lipinski definition) is 6. The average molecular weight is 387 g/mol. The van der Waals surface area contributed by atoms with Crippen LogP contribution >= 0.6 is 11.3 Å². The maximum Gasteiger partial charge on any atom is 0.270 e. The molecule has 7 nitrogen and oxygen atoms in total. The molecule has 0 radical (unpaired) electrons. The maximum atomic E-state index is 12.7. The Morgan fingerprint density at radius 2 is 2.26 bits per heavy atom. The minimum Gasteiger partial charge on any atom is -0.508 e. The highest BCUT2D eigenvalue weighted by molar-refractivity contribution is 7.09. The molecule has 142 valence electrons.